The van der Waals surface area contributed by atoms with E-state index < -0.39 is 9.84 Å². The highest BCUT2D eigenvalue weighted by molar-refractivity contribution is 9.09. The number of sulfone groups is 1. The SMILES string of the molecule is CCCS(=O)(=O)c1ccc(N(C)CC2CC(Br)C2)cc1. The molecule has 20 heavy (non-hydrogen) atoms. The summed E-state index contributed by atoms with van der Waals surface area (Å²) >= 11 is 3.61. The van der Waals surface area contributed by atoms with E-state index in [1.807, 2.05) is 19.1 Å². The molecular formula is C15H22BrNO2S. The molecule has 1 aromatic carbocycles. The summed E-state index contributed by atoms with van der Waals surface area (Å²) in [6.07, 6.45) is 3.11. The van der Waals surface area contributed by atoms with Crippen LogP contribution < -0.4 is 4.90 Å². The van der Waals surface area contributed by atoms with E-state index in [4.69, 9.17) is 0 Å². The standard InChI is InChI=1S/C15H22BrNO2S/c1-3-8-20(18,19)15-6-4-14(5-7-15)17(2)11-12-9-13(16)10-12/h4-7,12-13H,3,8-11H2,1-2H3. The van der Waals surface area contributed by atoms with Crippen LogP contribution in [0.4, 0.5) is 5.69 Å². The van der Waals surface area contributed by atoms with Crippen molar-refractivity contribution in [2.45, 2.75) is 35.9 Å². The van der Waals surface area contributed by atoms with Crippen molar-refractivity contribution in [3.8, 4) is 0 Å². The lowest BCUT2D eigenvalue weighted by molar-refractivity contribution is 0.339. The van der Waals surface area contributed by atoms with Crippen molar-refractivity contribution < 1.29 is 8.42 Å². The molecule has 1 saturated carbocycles. The second-order valence-corrected chi connectivity index (χ2v) is 9.03. The van der Waals surface area contributed by atoms with Gasteiger partial charge in [0.2, 0.25) is 0 Å². The van der Waals surface area contributed by atoms with Crippen LogP contribution in [-0.2, 0) is 9.84 Å². The normalized spacial score (nSPS) is 22.4. The van der Waals surface area contributed by atoms with E-state index in [2.05, 4.69) is 27.9 Å². The van der Waals surface area contributed by atoms with Gasteiger partial charge in [0.25, 0.3) is 0 Å². The lowest BCUT2D eigenvalue weighted by Crippen LogP contribution is -2.34. The first kappa shape index (κ1) is 15.8. The zero-order chi connectivity index (χ0) is 14.8. The Morgan fingerprint density at radius 2 is 1.85 bits per heavy atom. The maximum atomic E-state index is 12.0. The number of alkyl halides is 1. The fourth-order valence-electron chi connectivity index (χ4n) is 2.59. The molecule has 0 bridgehead atoms. The Hall–Kier alpha value is -0.550. The van der Waals surface area contributed by atoms with Gasteiger partial charge in [0.15, 0.2) is 9.84 Å². The van der Waals surface area contributed by atoms with Crippen molar-refractivity contribution in [1.29, 1.82) is 0 Å². The molecule has 0 saturated heterocycles. The summed E-state index contributed by atoms with van der Waals surface area (Å²) in [5.41, 5.74) is 1.08. The molecule has 0 N–H and O–H groups in total. The van der Waals surface area contributed by atoms with Gasteiger partial charge >= 0.3 is 0 Å². The van der Waals surface area contributed by atoms with Gasteiger partial charge in [-0.2, -0.15) is 0 Å². The Balaban J connectivity index is 2.00. The van der Waals surface area contributed by atoms with Crippen LogP contribution in [0.1, 0.15) is 26.2 Å². The molecule has 0 spiro atoms. The van der Waals surface area contributed by atoms with Gasteiger partial charge in [-0.05, 0) is 49.4 Å². The molecule has 1 aliphatic carbocycles. The second kappa shape index (κ2) is 6.48. The number of halogens is 1. The molecule has 5 heteroatoms. The monoisotopic (exact) mass is 359 g/mol. The average Bonchev–Trinajstić information content (AvgIpc) is 2.37. The zero-order valence-corrected chi connectivity index (χ0v) is 14.5. The molecular weight excluding hydrogens is 338 g/mol. The molecule has 0 aliphatic heterocycles. The van der Waals surface area contributed by atoms with Gasteiger partial charge in [-0.25, -0.2) is 8.42 Å². The van der Waals surface area contributed by atoms with E-state index in [1.54, 1.807) is 12.1 Å². The smallest absolute Gasteiger partial charge is 0.178 e. The number of rotatable bonds is 6. The molecule has 3 nitrogen and oxygen atoms in total. The van der Waals surface area contributed by atoms with Crippen molar-refractivity contribution in [3.05, 3.63) is 24.3 Å². The maximum Gasteiger partial charge on any atom is 0.178 e. The minimum Gasteiger partial charge on any atom is -0.374 e. The molecule has 0 radical (unpaired) electrons. The van der Waals surface area contributed by atoms with Gasteiger partial charge < -0.3 is 4.90 Å². The summed E-state index contributed by atoms with van der Waals surface area (Å²) < 4.78 is 23.9. The molecule has 0 aromatic heterocycles. The van der Waals surface area contributed by atoms with Crippen LogP contribution in [0.5, 0.6) is 0 Å². The third-order valence-electron chi connectivity index (χ3n) is 3.82. The first-order chi connectivity index (χ1) is 9.42. The number of anilines is 1. The summed E-state index contributed by atoms with van der Waals surface area (Å²) in [4.78, 5) is 3.32. The zero-order valence-electron chi connectivity index (χ0n) is 12.0. The van der Waals surface area contributed by atoms with Gasteiger partial charge in [-0.1, -0.05) is 22.9 Å². The third-order valence-corrected chi connectivity index (χ3v) is 6.50. The Labute approximate surface area is 130 Å². The van der Waals surface area contributed by atoms with Crippen LogP contribution in [0.25, 0.3) is 0 Å². The molecule has 112 valence electrons. The van der Waals surface area contributed by atoms with Crippen molar-refractivity contribution >= 4 is 31.5 Å². The first-order valence-corrected chi connectivity index (χ1v) is 9.67. The quantitative estimate of drug-likeness (QED) is 0.729. The predicted octanol–water partition coefficient (Wildman–Crippen LogP) is 3.48. The lowest BCUT2D eigenvalue weighted by Gasteiger charge is -2.35. The average molecular weight is 360 g/mol. The predicted molar refractivity (Wildman–Crippen MR) is 87.5 cm³/mol. The van der Waals surface area contributed by atoms with Gasteiger partial charge in [0.1, 0.15) is 0 Å². The lowest BCUT2D eigenvalue weighted by atomic mass is 9.85. The Morgan fingerprint density at radius 1 is 1.25 bits per heavy atom. The maximum absolute atomic E-state index is 12.0. The topological polar surface area (TPSA) is 37.4 Å². The van der Waals surface area contributed by atoms with Gasteiger partial charge in [0.05, 0.1) is 10.6 Å². The number of hydrogen-bond donors (Lipinski definition) is 0. The second-order valence-electron chi connectivity index (χ2n) is 5.63. The van der Waals surface area contributed by atoms with Crippen LogP contribution >= 0.6 is 15.9 Å². The van der Waals surface area contributed by atoms with Crippen molar-refractivity contribution in [1.82, 2.24) is 0 Å². The van der Waals surface area contributed by atoms with Gasteiger partial charge in [-0.3, -0.25) is 0 Å². The highest BCUT2D eigenvalue weighted by atomic mass is 79.9. The molecule has 1 fully saturated rings. The number of nitrogens with zero attached hydrogens (tertiary/aromatic N) is 1. The largest absolute Gasteiger partial charge is 0.374 e. The first-order valence-electron chi connectivity index (χ1n) is 7.10. The van der Waals surface area contributed by atoms with Gasteiger partial charge in [-0.15, -0.1) is 0 Å². The van der Waals surface area contributed by atoms with E-state index in [0.29, 0.717) is 16.1 Å². The van der Waals surface area contributed by atoms with Crippen LogP contribution in [0, 0.1) is 5.92 Å². The highest BCUT2D eigenvalue weighted by Crippen LogP contribution is 2.34. The van der Waals surface area contributed by atoms with E-state index >= 15 is 0 Å². The summed E-state index contributed by atoms with van der Waals surface area (Å²) in [5.74, 6) is 0.963. The number of benzene rings is 1. The minimum atomic E-state index is -3.10. The molecule has 2 rings (SSSR count). The van der Waals surface area contributed by atoms with Crippen LogP contribution in [-0.4, -0.2) is 32.6 Å². The number of hydrogen-bond acceptors (Lipinski definition) is 3. The van der Waals surface area contributed by atoms with Crippen LogP contribution in [0.2, 0.25) is 0 Å². The highest BCUT2D eigenvalue weighted by Gasteiger charge is 2.27. The van der Waals surface area contributed by atoms with E-state index in [-0.39, 0.29) is 5.75 Å². The molecule has 1 aliphatic rings. The molecule has 1 aromatic rings. The summed E-state index contributed by atoms with van der Waals surface area (Å²) in [6, 6.07) is 7.27. The van der Waals surface area contributed by atoms with E-state index in [9.17, 15) is 8.42 Å². The van der Waals surface area contributed by atoms with E-state index in [0.717, 1.165) is 18.2 Å². The van der Waals surface area contributed by atoms with Crippen molar-refractivity contribution in [2.24, 2.45) is 5.92 Å². The fourth-order valence-corrected chi connectivity index (χ4v) is 4.97. The summed E-state index contributed by atoms with van der Waals surface area (Å²) in [7, 11) is -1.03. The Morgan fingerprint density at radius 3 is 2.35 bits per heavy atom. The summed E-state index contributed by atoms with van der Waals surface area (Å²) in [6.45, 7) is 2.92. The molecule has 0 heterocycles. The van der Waals surface area contributed by atoms with E-state index in [1.165, 1.54) is 12.8 Å². The third kappa shape index (κ3) is 3.76. The van der Waals surface area contributed by atoms with Crippen molar-refractivity contribution in [2.75, 3.05) is 24.2 Å². The summed E-state index contributed by atoms with van der Waals surface area (Å²) in [5, 5.41) is 0. The fraction of sp³-hybridized carbons (Fsp3) is 0.600. The molecule has 0 atom stereocenters. The van der Waals surface area contributed by atoms with Crippen molar-refractivity contribution in [3.63, 3.8) is 0 Å². The van der Waals surface area contributed by atoms with Crippen LogP contribution in [0.3, 0.4) is 0 Å². The Kier molecular flexibility index (Phi) is 5.13. The van der Waals surface area contributed by atoms with Gasteiger partial charge in [0, 0.05) is 24.1 Å². The Bertz CT molecular complexity index is 535. The molecule has 0 unspecified atom stereocenters. The minimum absolute atomic E-state index is 0.219. The van der Waals surface area contributed by atoms with Crippen LogP contribution in [0.15, 0.2) is 29.2 Å². The molecule has 0 amide bonds.